The Morgan fingerprint density at radius 1 is 0.778 bits per heavy atom. The first-order valence-corrected chi connectivity index (χ1v) is 5.92. The van der Waals surface area contributed by atoms with Crippen LogP contribution in [0.4, 0.5) is 0 Å². The van der Waals surface area contributed by atoms with E-state index in [9.17, 15) is 0 Å². The molecule has 18 heavy (non-hydrogen) atoms. The third-order valence-electron chi connectivity index (χ3n) is 2.27. The number of ether oxygens (including phenoxy) is 2. The van der Waals surface area contributed by atoms with E-state index in [1.54, 1.807) is 36.4 Å². The minimum Gasteiger partial charge on any atom is -0.508 e. The topological polar surface area (TPSA) is 38.7 Å². The molecule has 1 N–H and O–H groups in total. The molecule has 0 aliphatic heterocycles. The molecule has 2 aromatic carbocycles. The van der Waals surface area contributed by atoms with E-state index in [0.29, 0.717) is 24.0 Å². The van der Waals surface area contributed by atoms with Gasteiger partial charge in [0.25, 0.3) is 0 Å². The SMILES string of the molecule is Oc1ccc(OCCOc2ccc(Cl)cc2)cc1. The molecule has 0 aliphatic carbocycles. The Labute approximate surface area is 111 Å². The molecule has 0 atom stereocenters. The summed E-state index contributed by atoms with van der Waals surface area (Å²) in [5.74, 6) is 1.68. The monoisotopic (exact) mass is 264 g/mol. The fourth-order valence-electron chi connectivity index (χ4n) is 1.39. The molecule has 0 radical (unpaired) electrons. The maximum absolute atomic E-state index is 9.11. The summed E-state index contributed by atoms with van der Waals surface area (Å²) in [6, 6.07) is 13.7. The fraction of sp³-hybridized carbons (Fsp3) is 0.143. The third kappa shape index (κ3) is 3.86. The molecule has 94 valence electrons. The van der Waals surface area contributed by atoms with Crippen molar-refractivity contribution in [3.63, 3.8) is 0 Å². The zero-order valence-electron chi connectivity index (χ0n) is 9.67. The summed E-state index contributed by atoms with van der Waals surface area (Å²) >= 11 is 5.77. The highest BCUT2D eigenvalue weighted by Crippen LogP contribution is 2.17. The van der Waals surface area contributed by atoms with Crippen LogP contribution >= 0.6 is 11.6 Å². The Balaban J connectivity index is 1.73. The molecule has 0 bridgehead atoms. The summed E-state index contributed by atoms with van der Waals surface area (Å²) in [6.07, 6.45) is 0. The molecule has 0 heterocycles. The van der Waals surface area contributed by atoms with Crippen molar-refractivity contribution in [2.75, 3.05) is 13.2 Å². The molecule has 0 saturated heterocycles. The normalized spacial score (nSPS) is 10.1. The number of hydrogen-bond acceptors (Lipinski definition) is 3. The molecule has 2 aromatic rings. The molecule has 2 rings (SSSR count). The number of phenolic OH excluding ortho intramolecular Hbond substituents is 1. The van der Waals surface area contributed by atoms with Crippen LogP contribution in [0, 0.1) is 0 Å². The molecule has 0 fully saturated rings. The Morgan fingerprint density at radius 3 is 1.72 bits per heavy atom. The quantitative estimate of drug-likeness (QED) is 0.840. The maximum Gasteiger partial charge on any atom is 0.122 e. The van der Waals surface area contributed by atoms with Crippen molar-refractivity contribution < 1.29 is 14.6 Å². The van der Waals surface area contributed by atoms with E-state index in [1.807, 2.05) is 12.1 Å². The largest absolute Gasteiger partial charge is 0.508 e. The lowest BCUT2D eigenvalue weighted by Crippen LogP contribution is -2.08. The van der Waals surface area contributed by atoms with Gasteiger partial charge < -0.3 is 14.6 Å². The van der Waals surface area contributed by atoms with Crippen LogP contribution in [0.3, 0.4) is 0 Å². The van der Waals surface area contributed by atoms with Crippen molar-refractivity contribution in [3.8, 4) is 17.2 Å². The molecule has 0 amide bonds. The average molecular weight is 265 g/mol. The highest BCUT2D eigenvalue weighted by molar-refractivity contribution is 6.30. The second-order valence-electron chi connectivity index (χ2n) is 3.64. The van der Waals surface area contributed by atoms with Gasteiger partial charge in [0.2, 0.25) is 0 Å². The summed E-state index contributed by atoms with van der Waals surface area (Å²) in [6.45, 7) is 0.885. The first kappa shape index (κ1) is 12.6. The van der Waals surface area contributed by atoms with Gasteiger partial charge in [-0.1, -0.05) is 11.6 Å². The lowest BCUT2D eigenvalue weighted by Gasteiger charge is -2.08. The van der Waals surface area contributed by atoms with Crippen LogP contribution in [0.5, 0.6) is 17.2 Å². The van der Waals surface area contributed by atoms with E-state index in [4.69, 9.17) is 26.2 Å². The molecule has 3 nitrogen and oxygen atoms in total. The van der Waals surface area contributed by atoms with Gasteiger partial charge in [0.15, 0.2) is 0 Å². The van der Waals surface area contributed by atoms with Crippen molar-refractivity contribution in [2.24, 2.45) is 0 Å². The summed E-state index contributed by atoms with van der Waals surface area (Å²) < 4.78 is 10.9. The minimum absolute atomic E-state index is 0.222. The van der Waals surface area contributed by atoms with Crippen LogP contribution in [0.15, 0.2) is 48.5 Å². The third-order valence-corrected chi connectivity index (χ3v) is 2.52. The Kier molecular flexibility index (Phi) is 4.31. The van der Waals surface area contributed by atoms with E-state index in [0.717, 1.165) is 5.75 Å². The van der Waals surface area contributed by atoms with E-state index >= 15 is 0 Å². The van der Waals surface area contributed by atoms with Gasteiger partial charge in [0.05, 0.1) is 0 Å². The van der Waals surface area contributed by atoms with Crippen LogP contribution < -0.4 is 9.47 Å². The van der Waals surface area contributed by atoms with E-state index in [2.05, 4.69) is 0 Å². The van der Waals surface area contributed by atoms with Crippen molar-refractivity contribution in [1.82, 2.24) is 0 Å². The molecular formula is C14H13ClO3. The van der Waals surface area contributed by atoms with Gasteiger partial charge >= 0.3 is 0 Å². The fourth-order valence-corrected chi connectivity index (χ4v) is 1.52. The standard InChI is InChI=1S/C14H13ClO3/c15-11-1-5-13(6-2-11)17-9-10-18-14-7-3-12(16)4-8-14/h1-8,16H,9-10H2. The summed E-state index contributed by atoms with van der Waals surface area (Å²) in [5.41, 5.74) is 0. The number of benzene rings is 2. The second-order valence-corrected chi connectivity index (χ2v) is 4.08. The van der Waals surface area contributed by atoms with E-state index < -0.39 is 0 Å². The average Bonchev–Trinajstić information content (AvgIpc) is 2.39. The van der Waals surface area contributed by atoms with Crippen molar-refractivity contribution in [3.05, 3.63) is 53.6 Å². The predicted octanol–water partition coefficient (Wildman–Crippen LogP) is 3.50. The number of phenols is 1. The first-order chi connectivity index (χ1) is 8.74. The van der Waals surface area contributed by atoms with Crippen LogP contribution in [0.2, 0.25) is 5.02 Å². The lowest BCUT2D eigenvalue weighted by atomic mass is 10.3. The van der Waals surface area contributed by atoms with Gasteiger partial charge in [0.1, 0.15) is 30.5 Å². The molecule has 0 aliphatic rings. The van der Waals surface area contributed by atoms with Crippen LogP contribution in [-0.2, 0) is 0 Å². The van der Waals surface area contributed by atoms with Gasteiger partial charge in [-0.05, 0) is 48.5 Å². The van der Waals surface area contributed by atoms with Gasteiger partial charge in [-0.25, -0.2) is 0 Å². The van der Waals surface area contributed by atoms with Crippen LogP contribution in [-0.4, -0.2) is 18.3 Å². The molecule has 4 heteroatoms. The molecular weight excluding hydrogens is 252 g/mol. The van der Waals surface area contributed by atoms with Crippen molar-refractivity contribution >= 4 is 11.6 Å². The lowest BCUT2D eigenvalue weighted by molar-refractivity contribution is 0.217. The number of rotatable bonds is 5. The Morgan fingerprint density at radius 2 is 1.22 bits per heavy atom. The molecule has 0 unspecified atom stereocenters. The number of aromatic hydroxyl groups is 1. The predicted molar refractivity (Wildman–Crippen MR) is 70.5 cm³/mol. The zero-order chi connectivity index (χ0) is 12.8. The highest BCUT2D eigenvalue weighted by atomic mass is 35.5. The van der Waals surface area contributed by atoms with Gasteiger partial charge in [0, 0.05) is 5.02 Å². The Bertz CT molecular complexity index is 432. The first-order valence-electron chi connectivity index (χ1n) is 5.54. The minimum atomic E-state index is 0.222. The molecule has 0 saturated carbocycles. The molecule has 0 spiro atoms. The Hall–Kier alpha value is -1.87. The van der Waals surface area contributed by atoms with E-state index in [-0.39, 0.29) is 5.75 Å². The summed E-state index contributed by atoms with van der Waals surface area (Å²) in [7, 11) is 0. The van der Waals surface area contributed by atoms with Crippen LogP contribution in [0.25, 0.3) is 0 Å². The smallest absolute Gasteiger partial charge is 0.122 e. The van der Waals surface area contributed by atoms with Gasteiger partial charge in [-0.15, -0.1) is 0 Å². The number of hydrogen-bond donors (Lipinski definition) is 1. The highest BCUT2D eigenvalue weighted by Gasteiger charge is 1.96. The number of halogens is 1. The summed E-state index contributed by atoms with van der Waals surface area (Å²) in [4.78, 5) is 0. The van der Waals surface area contributed by atoms with Crippen molar-refractivity contribution in [1.29, 1.82) is 0 Å². The second kappa shape index (κ2) is 6.17. The zero-order valence-corrected chi connectivity index (χ0v) is 10.4. The van der Waals surface area contributed by atoms with Gasteiger partial charge in [-0.2, -0.15) is 0 Å². The van der Waals surface area contributed by atoms with Gasteiger partial charge in [-0.3, -0.25) is 0 Å². The van der Waals surface area contributed by atoms with Crippen LogP contribution in [0.1, 0.15) is 0 Å². The summed E-state index contributed by atoms with van der Waals surface area (Å²) in [5, 5.41) is 9.79. The maximum atomic E-state index is 9.11. The van der Waals surface area contributed by atoms with E-state index in [1.165, 1.54) is 0 Å². The van der Waals surface area contributed by atoms with Crippen molar-refractivity contribution in [2.45, 2.75) is 0 Å². The molecule has 0 aromatic heterocycles.